The second-order valence-electron chi connectivity index (χ2n) is 8.15. The predicted molar refractivity (Wildman–Crippen MR) is 142 cm³/mol. The zero-order valence-electron chi connectivity index (χ0n) is 18.9. The maximum absolute atomic E-state index is 13.4. The number of hydrogen-bond acceptors (Lipinski definition) is 8. The third-order valence-corrected chi connectivity index (χ3v) is 9.00. The van der Waals surface area contributed by atoms with Gasteiger partial charge in [0.1, 0.15) is 11.6 Å². The molecular formula is C23H20Cl2N4O5S2. The maximum atomic E-state index is 13.4. The molecule has 0 radical (unpaired) electrons. The summed E-state index contributed by atoms with van der Waals surface area (Å²) in [5.41, 5.74) is 0.422. The van der Waals surface area contributed by atoms with Crippen LogP contribution in [0.15, 0.2) is 41.2 Å². The summed E-state index contributed by atoms with van der Waals surface area (Å²) in [7, 11) is 4.66. The van der Waals surface area contributed by atoms with Gasteiger partial charge in [-0.15, -0.1) is 0 Å². The molecule has 188 valence electrons. The van der Waals surface area contributed by atoms with Crippen molar-refractivity contribution in [1.82, 2.24) is 19.8 Å². The average molecular weight is 567 g/mol. The molecule has 1 aromatic heterocycles. The molecule has 2 unspecified atom stereocenters. The smallest absolute Gasteiger partial charge is 0.415 e. The van der Waals surface area contributed by atoms with Crippen LogP contribution < -0.4 is 10.3 Å². The molecule has 0 saturated carbocycles. The molecule has 3 heterocycles. The topological polar surface area (TPSA) is 105 Å². The number of carbonyl (C=O) groups is 2. The fraction of sp³-hybridized carbons (Fsp3) is 0.304. The first kappa shape index (κ1) is 25.1. The Kier molecular flexibility index (Phi) is 7.25. The summed E-state index contributed by atoms with van der Waals surface area (Å²) in [5.74, 6) is 1.73. The number of hydrogen-bond donors (Lipinski definition) is 1. The lowest BCUT2D eigenvalue weighted by Crippen LogP contribution is -2.65. The lowest BCUT2D eigenvalue weighted by molar-refractivity contribution is 0.0379. The number of carbonyl (C=O) groups excluding carboxylic acids is 2. The van der Waals surface area contributed by atoms with Gasteiger partial charge in [0.15, 0.2) is 0 Å². The minimum absolute atomic E-state index is 0.181. The van der Waals surface area contributed by atoms with E-state index in [2.05, 4.69) is 9.97 Å². The summed E-state index contributed by atoms with van der Waals surface area (Å²) in [5, 5.41) is 1.15. The first-order chi connectivity index (χ1) is 17.4. The van der Waals surface area contributed by atoms with Crippen LogP contribution in [-0.2, 0) is 4.74 Å². The van der Waals surface area contributed by atoms with Crippen LogP contribution in [0, 0.1) is 0 Å². The summed E-state index contributed by atoms with van der Waals surface area (Å²) < 4.78 is 10.8. The van der Waals surface area contributed by atoms with Gasteiger partial charge in [0.2, 0.25) is 0 Å². The number of aromatic amines is 1. The van der Waals surface area contributed by atoms with Crippen LogP contribution in [0.4, 0.5) is 9.59 Å². The summed E-state index contributed by atoms with van der Waals surface area (Å²) in [6, 6.07) is 9.16. The SMILES string of the molecule is COC(=O)N1CCN(C(=O)Oc2ccc(Cl)cc2-c2nc3ccc(Cl)cc3c(=O)[nH]2)C2CSSCC21. The van der Waals surface area contributed by atoms with Gasteiger partial charge < -0.3 is 24.3 Å². The number of piperazine rings is 1. The number of methoxy groups -OCH3 is 1. The van der Waals surface area contributed by atoms with E-state index in [1.54, 1.807) is 61.7 Å². The van der Waals surface area contributed by atoms with Crippen molar-refractivity contribution < 1.29 is 19.1 Å². The molecule has 2 aliphatic rings. The van der Waals surface area contributed by atoms with Gasteiger partial charge in [0.25, 0.3) is 5.56 Å². The minimum Gasteiger partial charge on any atom is -0.453 e. The van der Waals surface area contributed by atoms with Crippen LogP contribution >= 0.6 is 44.8 Å². The van der Waals surface area contributed by atoms with Gasteiger partial charge in [0, 0.05) is 34.6 Å². The zero-order valence-corrected chi connectivity index (χ0v) is 22.0. The number of amides is 2. The fourth-order valence-electron chi connectivity index (χ4n) is 4.34. The maximum Gasteiger partial charge on any atom is 0.415 e. The highest BCUT2D eigenvalue weighted by molar-refractivity contribution is 8.76. The van der Waals surface area contributed by atoms with Gasteiger partial charge in [-0.05, 0) is 36.4 Å². The van der Waals surface area contributed by atoms with E-state index in [4.69, 9.17) is 32.7 Å². The fourth-order valence-corrected chi connectivity index (χ4v) is 7.37. The molecule has 0 aliphatic carbocycles. The predicted octanol–water partition coefficient (Wildman–Crippen LogP) is 4.91. The van der Waals surface area contributed by atoms with Gasteiger partial charge in [0.05, 0.1) is 35.7 Å². The molecule has 1 N–H and O–H groups in total. The quantitative estimate of drug-likeness (QED) is 0.436. The van der Waals surface area contributed by atoms with Gasteiger partial charge in [-0.25, -0.2) is 14.6 Å². The molecule has 2 fully saturated rings. The Morgan fingerprint density at radius 3 is 2.33 bits per heavy atom. The number of nitrogens with zero attached hydrogens (tertiary/aromatic N) is 3. The Bertz CT molecular complexity index is 1400. The molecule has 13 heteroatoms. The Morgan fingerprint density at radius 1 is 1.00 bits per heavy atom. The number of benzene rings is 2. The number of halogens is 2. The van der Waals surface area contributed by atoms with Crippen LogP contribution in [-0.4, -0.2) is 75.7 Å². The van der Waals surface area contributed by atoms with E-state index >= 15 is 0 Å². The largest absolute Gasteiger partial charge is 0.453 e. The number of fused-ring (bicyclic) bond motifs is 2. The third-order valence-electron chi connectivity index (χ3n) is 6.09. The van der Waals surface area contributed by atoms with Gasteiger partial charge in [-0.2, -0.15) is 0 Å². The lowest BCUT2D eigenvalue weighted by atomic mass is 10.1. The average Bonchev–Trinajstić information content (AvgIpc) is 2.88. The molecule has 9 nitrogen and oxygen atoms in total. The third kappa shape index (κ3) is 4.84. The van der Waals surface area contributed by atoms with E-state index in [0.717, 1.165) is 0 Å². The van der Waals surface area contributed by atoms with E-state index in [0.29, 0.717) is 51.1 Å². The molecule has 2 aliphatic heterocycles. The monoisotopic (exact) mass is 566 g/mol. The van der Waals surface area contributed by atoms with Crippen molar-refractivity contribution in [3.8, 4) is 17.1 Å². The first-order valence-electron chi connectivity index (χ1n) is 10.9. The number of ether oxygens (including phenoxy) is 2. The summed E-state index contributed by atoms with van der Waals surface area (Å²) >= 11 is 12.3. The molecule has 2 saturated heterocycles. The first-order valence-corrected chi connectivity index (χ1v) is 14.2. The number of aromatic nitrogens is 2. The molecular weight excluding hydrogens is 547 g/mol. The molecule has 5 rings (SSSR count). The Balaban J connectivity index is 1.45. The minimum atomic E-state index is -0.555. The standard InChI is InChI=1S/C23H20Cl2N4O5S2/c1-33-22(31)28-6-7-29(18-11-36-35-10-17(18)28)23(32)34-19-5-3-13(25)9-15(19)20-26-16-4-2-12(24)8-14(16)21(30)27-20/h2-5,8-9,17-18H,6-7,10-11H2,1H3,(H,26,27,30). The summed E-state index contributed by atoms with van der Waals surface area (Å²) in [6.45, 7) is 0.638. The van der Waals surface area contributed by atoms with E-state index in [1.165, 1.54) is 13.2 Å². The van der Waals surface area contributed by atoms with E-state index < -0.39 is 12.2 Å². The summed E-state index contributed by atoms with van der Waals surface area (Å²) in [6.07, 6.45) is -0.960. The molecule has 2 aromatic carbocycles. The van der Waals surface area contributed by atoms with Crippen molar-refractivity contribution in [2.24, 2.45) is 0 Å². The highest BCUT2D eigenvalue weighted by Crippen LogP contribution is 2.37. The van der Waals surface area contributed by atoms with Gasteiger partial charge >= 0.3 is 12.2 Å². The Hall–Kier alpha value is -2.60. The zero-order chi connectivity index (χ0) is 25.4. The van der Waals surface area contributed by atoms with E-state index in [9.17, 15) is 14.4 Å². The summed E-state index contributed by atoms with van der Waals surface area (Å²) in [4.78, 5) is 48.9. The number of rotatable bonds is 2. The Labute approximate surface area is 223 Å². The van der Waals surface area contributed by atoms with Crippen molar-refractivity contribution in [3.63, 3.8) is 0 Å². The highest BCUT2D eigenvalue weighted by atomic mass is 35.5. The molecule has 36 heavy (non-hydrogen) atoms. The van der Waals surface area contributed by atoms with Crippen molar-refractivity contribution in [1.29, 1.82) is 0 Å². The van der Waals surface area contributed by atoms with Crippen molar-refractivity contribution in [2.75, 3.05) is 31.7 Å². The number of H-pyrrole nitrogens is 1. The van der Waals surface area contributed by atoms with Crippen molar-refractivity contribution in [2.45, 2.75) is 12.1 Å². The van der Waals surface area contributed by atoms with Crippen LogP contribution in [0.1, 0.15) is 0 Å². The molecule has 0 bridgehead atoms. The Morgan fingerprint density at radius 2 is 1.64 bits per heavy atom. The van der Waals surface area contributed by atoms with Crippen LogP contribution in [0.25, 0.3) is 22.3 Å². The second-order valence-corrected chi connectivity index (χ2v) is 11.6. The van der Waals surface area contributed by atoms with Gasteiger partial charge in [-0.1, -0.05) is 44.8 Å². The van der Waals surface area contributed by atoms with E-state index in [-0.39, 0.29) is 29.2 Å². The second kappa shape index (κ2) is 10.4. The van der Waals surface area contributed by atoms with Crippen LogP contribution in [0.3, 0.4) is 0 Å². The van der Waals surface area contributed by atoms with Crippen LogP contribution in [0.2, 0.25) is 10.0 Å². The van der Waals surface area contributed by atoms with Crippen molar-refractivity contribution in [3.05, 3.63) is 56.8 Å². The molecule has 2 atom stereocenters. The lowest BCUT2D eigenvalue weighted by Gasteiger charge is -2.47. The number of nitrogens with one attached hydrogen (secondary N) is 1. The molecule has 3 aromatic rings. The molecule has 0 spiro atoms. The van der Waals surface area contributed by atoms with Crippen molar-refractivity contribution >= 4 is 67.9 Å². The molecule has 2 amide bonds. The highest BCUT2D eigenvalue weighted by Gasteiger charge is 2.44. The normalized spacial score (nSPS) is 19.6. The van der Waals surface area contributed by atoms with E-state index in [1.807, 2.05) is 0 Å². The van der Waals surface area contributed by atoms with Gasteiger partial charge in [-0.3, -0.25) is 4.79 Å². The van der Waals surface area contributed by atoms with Crippen LogP contribution in [0.5, 0.6) is 5.75 Å².